The summed E-state index contributed by atoms with van der Waals surface area (Å²) in [6, 6.07) is 8.02. The number of amides is 1. The molecule has 1 fully saturated rings. The molecule has 0 unspecified atom stereocenters. The monoisotopic (exact) mass is 338 g/mol. The van der Waals surface area contributed by atoms with Gasteiger partial charge in [-0.25, -0.2) is 9.97 Å². The van der Waals surface area contributed by atoms with Gasteiger partial charge in [0.2, 0.25) is 5.95 Å². The first-order valence-electron chi connectivity index (χ1n) is 9.10. The molecule has 2 N–H and O–H groups in total. The Morgan fingerprint density at radius 1 is 1.04 bits per heavy atom. The zero-order chi connectivity index (χ0) is 17.6. The lowest BCUT2D eigenvalue weighted by atomic mass is 10.1. The smallest absolute Gasteiger partial charge is 0.274 e. The second kappa shape index (κ2) is 8.10. The van der Waals surface area contributed by atoms with Crippen LogP contribution in [0.25, 0.3) is 0 Å². The molecule has 25 heavy (non-hydrogen) atoms. The Kier molecular flexibility index (Phi) is 5.64. The van der Waals surface area contributed by atoms with Gasteiger partial charge in [0, 0.05) is 17.9 Å². The Hall–Kier alpha value is -2.43. The van der Waals surface area contributed by atoms with Crippen molar-refractivity contribution in [3.05, 3.63) is 47.3 Å². The highest BCUT2D eigenvalue weighted by Crippen LogP contribution is 2.21. The van der Waals surface area contributed by atoms with Crippen LogP contribution in [0.3, 0.4) is 0 Å². The van der Waals surface area contributed by atoms with Gasteiger partial charge in [0.25, 0.3) is 5.91 Å². The standard InChI is InChI=1S/C20H26N4O/c1-14-8-7-9-15(2)18(14)24-19(25)17-12-13-21-20(23-17)22-16-10-5-3-4-6-11-16/h7-9,12-13,16H,3-6,10-11H2,1-2H3,(H,24,25)(H,21,22,23). The molecule has 1 heterocycles. The summed E-state index contributed by atoms with van der Waals surface area (Å²) in [6.45, 7) is 3.98. The number of hydrogen-bond donors (Lipinski definition) is 2. The van der Waals surface area contributed by atoms with Crippen LogP contribution in [0.15, 0.2) is 30.5 Å². The summed E-state index contributed by atoms with van der Waals surface area (Å²) in [5.41, 5.74) is 3.32. The zero-order valence-corrected chi connectivity index (χ0v) is 15.0. The molecule has 0 spiro atoms. The molecule has 3 rings (SSSR count). The van der Waals surface area contributed by atoms with Crippen molar-refractivity contribution in [2.45, 2.75) is 58.4 Å². The molecule has 0 bridgehead atoms. The second-order valence-electron chi connectivity index (χ2n) is 6.82. The van der Waals surface area contributed by atoms with Crippen LogP contribution in [0, 0.1) is 13.8 Å². The Balaban J connectivity index is 1.71. The lowest BCUT2D eigenvalue weighted by Gasteiger charge is -2.16. The molecule has 1 amide bonds. The van der Waals surface area contributed by atoms with E-state index in [0.717, 1.165) is 29.7 Å². The number of carbonyl (C=O) groups excluding carboxylic acids is 1. The highest BCUT2D eigenvalue weighted by molar-refractivity contribution is 6.03. The molecule has 0 atom stereocenters. The fraction of sp³-hybridized carbons (Fsp3) is 0.450. The van der Waals surface area contributed by atoms with E-state index < -0.39 is 0 Å². The van der Waals surface area contributed by atoms with Crippen molar-refractivity contribution in [2.75, 3.05) is 10.6 Å². The fourth-order valence-electron chi connectivity index (χ4n) is 3.35. The van der Waals surface area contributed by atoms with Crippen LogP contribution >= 0.6 is 0 Å². The van der Waals surface area contributed by atoms with Crippen molar-refractivity contribution in [1.29, 1.82) is 0 Å². The topological polar surface area (TPSA) is 66.9 Å². The van der Waals surface area contributed by atoms with Gasteiger partial charge in [-0.05, 0) is 43.9 Å². The number of carbonyl (C=O) groups is 1. The molecular formula is C20H26N4O. The largest absolute Gasteiger partial charge is 0.351 e. The maximum Gasteiger partial charge on any atom is 0.274 e. The molecule has 2 aromatic rings. The van der Waals surface area contributed by atoms with Gasteiger partial charge in [-0.15, -0.1) is 0 Å². The van der Waals surface area contributed by atoms with Crippen LogP contribution in [0.5, 0.6) is 0 Å². The maximum absolute atomic E-state index is 12.6. The first-order chi connectivity index (χ1) is 12.1. The van der Waals surface area contributed by atoms with Crippen LogP contribution < -0.4 is 10.6 Å². The van der Waals surface area contributed by atoms with Crippen molar-refractivity contribution >= 4 is 17.5 Å². The van der Waals surface area contributed by atoms with Crippen molar-refractivity contribution in [2.24, 2.45) is 0 Å². The number of para-hydroxylation sites is 1. The molecule has 1 aromatic heterocycles. The summed E-state index contributed by atoms with van der Waals surface area (Å²) in [5, 5.41) is 6.38. The molecule has 1 saturated carbocycles. The number of rotatable bonds is 4. The van der Waals surface area contributed by atoms with Crippen LogP contribution in [-0.4, -0.2) is 21.9 Å². The Morgan fingerprint density at radius 2 is 1.72 bits per heavy atom. The molecule has 132 valence electrons. The second-order valence-corrected chi connectivity index (χ2v) is 6.82. The summed E-state index contributed by atoms with van der Waals surface area (Å²) < 4.78 is 0. The summed E-state index contributed by atoms with van der Waals surface area (Å²) in [4.78, 5) is 21.3. The maximum atomic E-state index is 12.6. The zero-order valence-electron chi connectivity index (χ0n) is 15.0. The number of anilines is 2. The molecule has 5 nitrogen and oxygen atoms in total. The van der Waals surface area contributed by atoms with Gasteiger partial charge in [0.15, 0.2) is 0 Å². The third kappa shape index (κ3) is 4.56. The molecule has 1 aliphatic rings. The minimum Gasteiger partial charge on any atom is -0.351 e. The van der Waals surface area contributed by atoms with Crippen LogP contribution in [-0.2, 0) is 0 Å². The first kappa shape index (κ1) is 17.4. The predicted molar refractivity (Wildman–Crippen MR) is 101 cm³/mol. The quantitative estimate of drug-likeness (QED) is 0.807. The van der Waals surface area contributed by atoms with Crippen LogP contribution in [0.1, 0.15) is 60.1 Å². The molecular weight excluding hydrogens is 312 g/mol. The highest BCUT2D eigenvalue weighted by atomic mass is 16.1. The number of nitrogens with one attached hydrogen (secondary N) is 2. The van der Waals surface area contributed by atoms with Gasteiger partial charge < -0.3 is 10.6 Å². The molecule has 0 aliphatic heterocycles. The molecule has 1 aliphatic carbocycles. The van der Waals surface area contributed by atoms with E-state index in [2.05, 4.69) is 20.6 Å². The molecule has 0 saturated heterocycles. The molecule has 5 heteroatoms. The van der Waals surface area contributed by atoms with Crippen molar-refractivity contribution < 1.29 is 4.79 Å². The Bertz CT molecular complexity index is 716. The van der Waals surface area contributed by atoms with E-state index in [9.17, 15) is 4.79 Å². The Morgan fingerprint density at radius 3 is 2.40 bits per heavy atom. The van der Waals surface area contributed by atoms with E-state index in [0.29, 0.717) is 17.7 Å². The number of nitrogens with zero attached hydrogens (tertiary/aromatic N) is 2. The van der Waals surface area contributed by atoms with E-state index in [1.165, 1.54) is 25.7 Å². The van der Waals surface area contributed by atoms with Crippen molar-refractivity contribution in [3.63, 3.8) is 0 Å². The minimum absolute atomic E-state index is 0.205. The van der Waals surface area contributed by atoms with Gasteiger partial charge in [0.05, 0.1) is 0 Å². The third-order valence-corrected chi connectivity index (χ3v) is 4.80. The molecule has 1 aromatic carbocycles. The van der Waals surface area contributed by atoms with Crippen LogP contribution in [0.2, 0.25) is 0 Å². The number of aromatic nitrogens is 2. The fourth-order valence-corrected chi connectivity index (χ4v) is 3.35. The average molecular weight is 338 g/mol. The van der Waals surface area contributed by atoms with Gasteiger partial charge in [0.1, 0.15) is 5.69 Å². The normalized spacial score (nSPS) is 15.4. The van der Waals surface area contributed by atoms with Crippen molar-refractivity contribution in [3.8, 4) is 0 Å². The van der Waals surface area contributed by atoms with E-state index in [-0.39, 0.29) is 5.91 Å². The summed E-state index contributed by atoms with van der Waals surface area (Å²) in [7, 11) is 0. The van der Waals surface area contributed by atoms with Gasteiger partial charge >= 0.3 is 0 Å². The molecule has 0 radical (unpaired) electrons. The Labute approximate surface area is 149 Å². The number of benzene rings is 1. The lowest BCUT2D eigenvalue weighted by molar-refractivity contribution is 0.102. The summed E-state index contributed by atoms with van der Waals surface area (Å²) in [5.74, 6) is 0.338. The van der Waals surface area contributed by atoms with Gasteiger partial charge in [-0.3, -0.25) is 4.79 Å². The highest BCUT2D eigenvalue weighted by Gasteiger charge is 2.15. The summed E-state index contributed by atoms with van der Waals surface area (Å²) >= 11 is 0. The minimum atomic E-state index is -0.205. The predicted octanol–water partition coefficient (Wildman–Crippen LogP) is 4.48. The lowest BCUT2D eigenvalue weighted by Crippen LogP contribution is -2.21. The van der Waals surface area contributed by atoms with Gasteiger partial charge in [-0.2, -0.15) is 0 Å². The number of hydrogen-bond acceptors (Lipinski definition) is 4. The summed E-state index contributed by atoms with van der Waals surface area (Å²) in [6.07, 6.45) is 9.01. The van der Waals surface area contributed by atoms with E-state index in [1.807, 2.05) is 32.0 Å². The third-order valence-electron chi connectivity index (χ3n) is 4.80. The SMILES string of the molecule is Cc1cccc(C)c1NC(=O)c1ccnc(NC2CCCCCC2)n1. The van der Waals surface area contributed by atoms with Gasteiger partial charge in [-0.1, -0.05) is 43.9 Å². The van der Waals surface area contributed by atoms with Crippen LogP contribution in [0.4, 0.5) is 11.6 Å². The number of aryl methyl sites for hydroxylation is 2. The van der Waals surface area contributed by atoms with E-state index in [1.54, 1.807) is 12.3 Å². The van der Waals surface area contributed by atoms with Crippen molar-refractivity contribution in [1.82, 2.24) is 9.97 Å². The van der Waals surface area contributed by atoms with E-state index in [4.69, 9.17) is 0 Å². The van der Waals surface area contributed by atoms with E-state index >= 15 is 0 Å². The average Bonchev–Trinajstić information content (AvgIpc) is 2.87. The first-order valence-corrected chi connectivity index (χ1v) is 9.10.